The zero-order valence-corrected chi connectivity index (χ0v) is 8.42. The van der Waals surface area contributed by atoms with E-state index in [2.05, 4.69) is 15.7 Å². The molecule has 0 saturated carbocycles. The SMILES string of the molecule is C.CSC(=NOC(N)=O)C(=O)N(C)C. The molecule has 14 heavy (non-hydrogen) atoms. The number of hydrogen-bond donors (Lipinski definition) is 1. The lowest BCUT2D eigenvalue weighted by Gasteiger charge is -2.09. The second kappa shape index (κ2) is 7.19. The molecule has 0 aromatic rings. The number of carbonyl (C=O) groups excluding carboxylic acids is 2. The van der Waals surface area contributed by atoms with Gasteiger partial charge in [-0.05, 0) is 6.26 Å². The molecule has 0 aliphatic heterocycles. The Morgan fingerprint density at radius 3 is 2.21 bits per heavy atom. The van der Waals surface area contributed by atoms with Crippen molar-refractivity contribution in [3.05, 3.63) is 0 Å². The summed E-state index contributed by atoms with van der Waals surface area (Å²) < 4.78 is 0. The largest absolute Gasteiger partial charge is 0.430 e. The van der Waals surface area contributed by atoms with E-state index < -0.39 is 6.09 Å². The summed E-state index contributed by atoms with van der Waals surface area (Å²) >= 11 is 1.07. The van der Waals surface area contributed by atoms with E-state index >= 15 is 0 Å². The quantitative estimate of drug-likeness (QED) is 0.302. The van der Waals surface area contributed by atoms with Crippen molar-refractivity contribution in [3.8, 4) is 0 Å². The van der Waals surface area contributed by atoms with Crippen LogP contribution >= 0.6 is 11.8 Å². The molecule has 2 amide bonds. The number of nitrogens with two attached hydrogens (primary N) is 1. The predicted molar refractivity (Wildman–Crippen MR) is 57.0 cm³/mol. The molecule has 7 heteroatoms. The molecule has 0 fully saturated rings. The summed E-state index contributed by atoms with van der Waals surface area (Å²) in [6, 6.07) is 0. The molecule has 0 aromatic heterocycles. The van der Waals surface area contributed by atoms with Crippen LogP contribution in [0, 0.1) is 0 Å². The van der Waals surface area contributed by atoms with Crippen LogP contribution in [0.5, 0.6) is 0 Å². The van der Waals surface area contributed by atoms with Gasteiger partial charge in [0.15, 0.2) is 0 Å². The Bertz CT molecular complexity index is 240. The van der Waals surface area contributed by atoms with Crippen molar-refractivity contribution in [1.82, 2.24) is 4.90 Å². The van der Waals surface area contributed by atoms with Crippen molar-refractivity contribution in [1.29, 1.82) is 0 Å². The average Bonchev–Trinajstić information content (AvgIpc) is 2.04. The number of primary amides is 1. The molecule has 0 aliphatic carbocycles. The Labute approximate surface area is 87.4 Å². The second-order valence-electron chi connectivity index (χ2n) is 2.21. The summed E-state index contributed by atoms with van der Waals surface area (Å²) in [5.74, 6) is -0.339. The minimum atomic E-state index is -1.04. The molecule has 2 N–H and O–H groups in total. The standard InChI is InChI=1S/C6H11N3O3S.CH4/c1-9(2)5(10)4(13-3)8-12-6(7)11;/h1-3H3,(H2,7,11);1H4. The monoisotopic (exact) mass is 221 g/mol. The predicted octanol–water partition coefficient (Wildman–Crippen LogP) is 0.483. The molecule has 6 nitrogen and oxygen atoms in total. The molecular weight excluding hydrogens is 206 g/mol. The molecule has 0 saturated heterocycles. The maximum atomic E-state index is 11.2. The maximum Gasteiger partial charge on any atom is 0.430 e. The molecule has 82 valence electrons. The van der Waals surface area contributed by atoms with Gasteiger partial charge in [0.1, 0.15) is 0 Å². The van der Waals surface area contributed by atoms with Crippen LogP contribution in [0.25, 0.3) is 0 Å². The topological polar surface area (TPSA) is 85.0 Å². The first-order valence-electron chi connectivity index (χ1n) is 3.29. The molecule has 0 aliphatic rings. The molecule has 0 aromatic carbocycles. The Morgan fingerprint density at radius 2 is 1.93 bits per heavy atom. The van der Waals surface area contributed by atoms with E-state index in [1.165, 1.54) is 4.90 Å². The van der Waals surface area contributed by atoms with E-state index in [0.29, 0.717) is 0 Å². The Morgan fingerprint density at radius 1 is 1.43 bits per heavy atom. The Kier molecular flexibility index (Phi) is 7.83. The van der Waals surface area contributed by atoms with Gasteiger partial charge >= 0.3 is 6.09 Å². The third kappa shape index (κ3) is 5.41. The third-order valence-corrected chi connectivity index (χ3v) is 1.64. The van der Waals surface area contributed by atoms with E-state index in [0.717, 1.165) is 11.8 Å². The first kappa shape index (κ1) is 15.2. The zero-order valence-electron chi connectivity index (χ0n) is 7.60. The van der Waals surface area contributed by atoms with E-state index in [-0.39, 0.29) is 18.4 Å². The number of nitrogens with zero attached hydrogens (tertiary/aromatic N) is 2. The lowest BCUT2D eigenvalue weighted by Crippen LogP contribution is -2.28. The highest BCUT2D eigenvalue weighted by Gasteiger charge is 2.13. The van der Waals surface area contributed by atoms with Crippen molar-refractivity contribution in [2.45, 2.75) is 7.43 Å². The first-order valence-corrected chi connectivity index (χ1v) is 4.51. The van der Waals surface area contributed by atoms with E-state index in [1.807, 2.05) is 0 Å². The van der Waals surface area contributed by atoms with Crippen LogP contribution < -0.4 is 5.73 Å². The van der Waals surface area contributed by atoms with Crippen LogP contribution in [-0.4, -0.2) is 42.3 Å². The first-order chi connectivity index (χ1) is 5.99. The number of rotatable bonds is 1. The van der Waals surface area contributed by atoms with Gasteiger partial charge in [-0.15, -0.1) is 11.8 Å². The van der Waals surface area contributed by atoms with Gasteiger partial charge in [-0.1, -0.05) is 12.6 Å². The summed E-state index contributed by atoms with van der Waals surface area (Å²) in [6.45, 7) is 0. The van der Waals surface area contributed by atoms with E-state index in [1.54, 1.807) is 20.4 Å². The summed E-state index contributed by atoms with van der Waals surface area (Å²) in [4.78, 5) is 26.8. The minimum absolute atomic E-state index is 0. The van der Waals surface area contributed by atoms with Gasteiger partial charge in [0.2, 0.25) is 5.04 Å². The summed E-state index contributed by atoms with van der Waals surface area (Å²) in [7, 11) is 3.14. The Balaban J connectivity index is 0. The number of hydrogen-bond acceptors (Lipinski definition) is 5. The summed E-state index contributed by atoms with van der Waals surface area (Å²) in [5.41, 5.74) is 4.67. The van der Waals surface area contributed by atoms with Crippen molar-refractivity contribution in [3.63, 3.8) is 0 Å². The fourth-order valence-corrected chi connectivity index (χ4v) is 0.910. The highest BCUT2D eigenvalue weighted by Crippen LogP contribution is 2.01. The summed E-state index contributed by atoms with van der Waals surface area (Å²) in [6.07, 6.45) is 0.600. The normalized spacial score (nSPS) is 10.1. The van der Waals surface area contributed by atoms with Crippen LogP contribution in [-0.2, 0) is 9.63 Å². The molecule has 0 spiro atoms. The van der Waals surface area contributed by atoms with Gasteiger partial charge in [-0.3, -0.25) is 9.63 Å². The van der Waals surface area contributed by atoms with Crippen LogP contribution in [0.15, 0.2) is 5.16 Å². The minimum Gasteiger partial charge on any atom is -0.343 e. The zero-order chi connectivity index (χ0) is 10.4. The summed E-state index contributed by atoms with van der Waals surface area (Å²) in [5, 5.41) is 3.35. The highest BCUT2D eigenvalue weighted by atomic mass is 32.2. The van der Waals surface area contributed by atoms with Crippen LogP contribution in [0.4, 0.5) is 4.79 Å². The molecule has 0 bridgehead atoms. The van der Waals surface area contributed by atoms with Crippen molar-refractivity contribution < 1.29 is 14.4 Å². The van der Waals surface area contributed by atoms with Gasteiger partial charge in [0.05, 0.1) is 0 Å². The van der Waals surface area contributed by atoms with Crippen LogP contribution in [0.3, 0.4) is 0 Å². The number of thioether (sulfide) groups is 1. The molecule has 0 atom stereocenters. The van der Waals surface area contributed by atoms with E-state index in [4.69, 9.17) is 0 Å². The molecule has 0 radical (unpaired) electrons. The van der Waals surface area contributed by atoms with Gasteiger partial charge in [-0.25, -0.2) is 4.79 Å². The molecule has 0 heterocycles. The van der Waals surface area contributed by atoms with Gasteiger partial charge in [-0.2, -0.15) is 0 Å². The van der Waals surface area contributed by atoms with E-state index in [9.17, 15) is 9.59 Å². The van der Waals surface area contributed by atoms with Gasteiger partial charge in [0.25, 0.3) is 5.91 Å². The smallest absolute Gasteiger partial charge is 0.343 e. The maximum absolute atomic E-state index is 11.2. The van der Waals surface area contributed by atoms with Gasteiger partial charge < -0.3 is 10.6 Å². The van der Waals surface area contributed by atoms with Crippen molar-refractivity contribution in [2.24, 2.45) is 10.9 Å². The van der Waals surface area contributed by atoms with Crippen molar-refractivity contribution in [2.75, 3.05) is 20.4 Å². The fraction of sp³-hybridized carbons (Fsp3) is 0.571. The van der Waals surface area contributed by atoms with Gasteiger partial charge in [0, 0.05) is 14.1 Å². The third-order valence-electron chi connectivity index (χ3n) is 1.00. The number of oxime groups is 1. The van der Waals surface area contributed by atoms with Crippen LogP contribution in [0.2, 0.25) is 0 Å². The lowest BCUT2D eigenvalue weighted by molar-refractivity contribution is -0.121. The highest BCUT2D eigenvalue weighted by molar-refractivity contribution is 8.15. The average molecular weight is 221 g/mol. The fourth-order valence-electron chi connectivity index (χ4n) is 0.441. The Hall–Kier alpha value is -1.24. The number of amides is 2. The molecular formula is C7H15N3O3S. The van der Waals surface area contributed by atoms with Crippen molar-refractivity contribution >= 4 is 28.8 Å². The number of carbonyl (C=O) groups is 2. The van der Waals surface area contributed by atoms with Crippen LogP contribution in [0.1, 0.15) is 7.43 Å². The molecule has 0 rings (SSSR count). The lowest BCUT2D eigenvalue weighted by atomic mass is 10.6. The molecule has 0 unspecified atom stereocenters. The second-order valence-corrected chi connectivity index (χ2v) is 3.01.